The lowest BCUT2D eigenvalue weighted by atomic mass is 10.1. The van der Waals surface area contributed by atoms with Gasteiger partial charge in [-0.2, -0.15) is 0 Å². The minimum absolute atomic E-state index is 0.135. The Morgan fingerprint density at radius 3 is 2.14 bits per heavy atom. The zero-order valence-corrected chi connectivity index (χ0v) is 13.4. The quantitative estimate of drug-likeness (QED) is 0.774. The molecule has 0 aliphatic rings. The van der Waals surface area contributed by atoms with Crippen molar-refractivity contribution in [3.05, 3.63) is 22.8 Å². The van der Waals surface area contributed by atoms with Gasteiger partial charge in [0.05, 0.1) is 24.2 Å². The maximum atomic E-state index is 12.2. The predicted molar refractivity (Wildman–Crippen MR) is 76.9 cm³/mol. The van der Waals surface area contributed by atoms with Gasteiger partial charge in [-0.15, -0.1) is 0 Å². The standard InChI is InChI=1S/C15H22N2O4/c1-8(2)7-12(14(18)20-6)21-15(19)13-11(5)16-9(3)10(4)17-13/h8,12H,7H2,1-6H3/t12-/m1/s1. The summed E-state index contributed by atoms with van der Waals surface area (Å²) in [4.78, 5) is 32.3. The number of aromatic nitrogens is 2. The van der Waals surface area contributed by atoms with E-state index in [1.807, 2.05) is 20.8 Å². The summed E-state index contributed by atoms with van der Waals surface area (Å²) in [6.07, 6.45) is -0.527. The highest BCUT2D eigenvalue weighted by atomic mass is 16.6. The third-order valence-electron chi connectivity index (χ3n) is 3.07. The summed E-state index contributed by atoms with van der Waals surface area (Å²) in [5.41, 5.74) is 2.04. The first-order chi connectivity index (χ1) is 9.76. The van der Waals surface area contributed by atoms with E-state index >= 15 is 0 Å². The van der Waals surface area contributed by atoms with Gasteiger partial charge in [0.2, 0.25) is 0 Å². The molecule has 6 nitrogen and oxygen atoms in total. The van der Waals surface area contributed by atoms with Crippen LogP contribution in [0, 0.1) is 26.7 Å². The molecule has 0 aliphatic heterocycles. The van der Waals surface area contributed by atoms with E-state index in [2.05, 4.69) is 14.7 Å². The largest absolute Gasteiger partial charge is 0.466 e. The van der Waals surface area contributed by atoms with E-state index in [-0.39, 0.29) is 11.6 Å². The fourth-order valence-electron chi connectivity index (χ4n) is 1.85. The predicted octanol–water partition coefficient (Wildman–Crippen LogP) is 2.15. The SMILES string of the molecule is COC(=O)[C@@H](CC(C)C)OC(=O)c1nc(C)c(C)nc1C. The van der Waals surface area contributed by atoms with Crippen LogP contribution in [0.1, 0.15) is 47.8 Å². The topological polar surface area (TPSA) is 78.4 Å². The normalized spacial score (nSPS) is 12.1. The minimum atomic E-state index is -0.926. The van der Waals surface area contributed by atoms with Gasteiger partial charge < -0.3 is 9.47 Å². The molecule has 1 heterocycles. The van der Waals surface area contributed by atoms with Gasteiger partial charge in [-0.1, -0.05) is 13.8 Å². The molecule has 1 aromatic heterocycles. The van der Waals surface area contributed by atoms with Crippen LogP contribution in [-0.2, 0) is 14.3 Å². The smallest absolute Gasteiger partial charge is 0.359 e. The van der Waals surface area contributed by atoms with Crippen molar-refractivity contribution in [1.29, 1.82) is 0 Å². The number of hydrogen-bond donors (Lipinski definition) is 0. The molecule has 0 aromatic carbocycles. The molecule has 0 aliphatic carbocycles. The van der Waals surface area contributed by atoms with Crippen molar-refractivity contribution < 1.29 is 19.1 Å². The van der Waals surface area contributed by atoms with Crippen LogP contribution < -0.4 is 0 Å². The molecule has 0 fully saturated rings. The van der Waals surface area contributed by atoms with Gasteiger partial charge in [0.15, 0.2) is 11.8 Å². The molecule has 0 radical (unpaired) electrons. The first kappa shape index (κ1) is 17.1. The molecular weight excluding hydrogens is 272 g/mol. The molecular formula is C15H22N2O4. The van der Waals surface area contributed by atoms with Crippen LogP contribution >= 0.6 is 0 Å². The molecule has 0 spiro atoms. The number of carbonyl (C=O) groups excluding carboxylic acids is 2. The van der Waals surface area contributed by atoms with Crippen molar-refractivity contribution in [2.24, 2.45) is 5.92 Å². The molecule has 1 rings (SSSR count). The molecule has 1 aromatic rings. The maximum absolute atomic E-state index is 12.2. The van der Waals surface area contributed by atoms with Crippen LogP contribution in [0.2, 0.25) is 0 Å². The second kappa shape index (κ2) is 7.15. The third-order valence-corrected chi connectivity index (χ3v) is 3.07. The van der Waals surface area contributed by atoms with Crippen LogP contribution in [-0.4, -0.2) is 35.1 Å². The Bertz CT molecular complexity index is 541. The number of ether oxygens (including phenoxy) is 2. The summed E-state index contributed by atoms with van der Waals surface area (Å²) in [6.45, 7) is 9.15. The molecule has 0 amide bonds. The third kappa shape index (κ3) is 4.51. The fourth-order valence-corrected chi connectivity index (χ4v) is 1.85. The van der Waals surface area contributed by atoms with Crippen molar-refractivity contribution in [2.75, 3.05) is 7.11 Å². The highest BCUT2D eigenvalue weighted by molar-refractivity contribution is 5.90. The summed E-state index contributed by atoms with van der Waals surface area (Å²) >= 11 is 0. The fraction of sp³-hybridized carbons (Fsp3) is 0.600. The zero-order valence-electron chi connectivity index (χ0n) is 13.4. The van der Waals surface area contributed by atoms with Gasteiger partial charge in [0, 0.05) is 0 Å². The van der Waals surface area contributed by atoms with Gasteiger partial charge in [-0.05, 0) is 33.1 Å². The van der Waals surface area contributed by atoms with Crippen LogP contribution in [0.5, 0.6) is 0 Å². The Morgan fingerprint density at radius 2 is 1.62 bits per heavy atom. The lowest BCUT2D eigenvalue weighted by Gasteiger charge is -2.17. The molecule has 0 unspecified atom stereocenters. The summed E-state index contributed by atoms with van der Waals surface area (Å²) in [5.74, 6) is -1.03. The summed E-state index contributed by atoms with van der Waals surface area (Å²) in [5, 5.41) is 0. The van der Waals surface area contributed by atoms with Crippen LogP contribution in [0.4, 0.5) is 0 Å². The van der Waals surface area contributed by atoms with E-state index in [4.69, 9.17) is 4.74 Å². The first-order valence-corrected chi connectivity index (χ1v) is 6.86. The summed E-state index contributed by atoms with van der Waals surface area (Å²) in [6, 6.07) is 0. The molecule has 1 atom stereocenters. The van der Waals surface area contributed by atoms with Crippen LogP contribution in [0.25, 0.3) is 0 Å². The monoisotopic (exact) mass is 294 g/mol. The van der Waals surface area contributed by atoms with E-state index in [0.717, 1.165) is 5.69 Å². The molecule has 0 N–H and O–H groups in total. The number of methoxy groups -OCH3 is 1. The van der Waals surface area contributed by atoms with Crippen molar-refractivity contribution in [3.8, 4) is 0 Å². The minimum Gasteiger partial charge on any atom is -0.466 e. The molecule has 21 heavy (non-hydrogen) atoms. The number of carbonyl (C=O) groups is 2. The second-order valence-electron chi connectivity index (χ2n) is 5.38. The molecule has 6 heteroatoms. The summed E-state index contributed by atoms with van der Waals surface area (Å²) in [7, 11) is 1.27. The van der Waals surface area contributed by atoms with Crippen molar-refractivity contribution >= 4 is 11.9 Å². The number of hydrogen-bond acceptors (Lipinski definition) is 6. The lowest BCUT2D eigenvalue weighted by molar-refractivity contribution is -0.151. The number of rotatable bonds is 5. The van der Waals surface area contributed by atoms with Gasteiger partial charge in [-0.25, -0.2) is 14.6 Å². The van der Waals surface area contributed by atoms with Crippen molar-refractivity contribution in [2.45, 2.75) is 47.1 Å². The average molecular weight is 294 g/mol. The van der Waals surface area contributed by atoms with Crippen molar-refractivity contribution in [1.82, 2.24) is 9.97 Å². The molecule has 116 valence electrons. The summed E-state index contributed by atoms with van der Waals surface area (Å²) < 4.78 is 9.93. The van der Waals surface area contributed by atoms with E-state index < -0.39 is 18.0 Å². The average Bonchev–Trinajstić information content (AvgIpc) is 2.40. The van der Waals surface area contributed by atoms with Gasteiger partial charge in [-0.3, -0.25) is 4.98 Å². The maximum Gasteiger partial charge on any atom is 0.359 e. The van der Waals surface area contributed by atoms with Crippen LogP contribution in [0.15, 0.2) is 0 Å². The van der Waals surface area contributed by atoms with Gasteiger partial charge >= 0.3 is 11.9 Å². The zero-order chi connectivity index (χ0) is 16.2. The Balaban J connectivity index is 2.96. The molecule has 0 bridgehead atoms. The second-order valence-corrected chi connectivity index (χ2v) is 5.38. The Morgan fingerprint density at radius 1 is 1.05 bits per heavy atom. The van der Waals surface area contributed by atoms with E-state index in [1.165, 1.54) is 7.11 Å². The van der Waals surface area contributed by atoms with Gasteiger partial charge in [0.1, 0.15) is 0 Å². The number of nitrogens with zero attached hydrogens (tertiary/aromatic N) is 2. The highest BCUT2D eigenvalue weighted by Crippen LogP contribution is 2.14. The van der Waals surface area contributed by atoms with E-state index in [0.29, 0.717) is 17.8 Å². The number of aryl methyl sites for hydroxylation is 3. The molecule has 0 saturated carbocycles. The highest BCUT2D eigenvalue weighted by Gasteiger charge is 2.27. The lowest BCUT2D eigenvalue weighted by Crippen LogP contribution is -2.30. The van der Waals surface area contributed by atoms with Crippen molar-refractivity contribution in [3.63, 3.8) is 0 Å². The Kier molecular flexibility index (Phi) is 5.81. The van der Waals surface area contributed by atoms with E-state index in [1.54, 1.807) is 13.8 Å². The van der Waals surface area contributed by atoms with Gasteiger partial charge in [0.25, 0.3) is 0 Å². The van der Waals surface area contributed by atoms with E-state index in [9.17, 15) is 9.59 Å². The Labute approximate surface area is 124 Å². The first-order valence-electron chi connectivity index (χ1n) is 6.86. The van der Waals surface area contributed by atoms with Crippen LogP contribution in [0.3, 0.4) is 0 Å². The number of esters is 2. The Hall–Kier alpha value is -1.98. The molecule has 0 saturated heterocycles.